The molecule has 78 valence electrons. The second-order valence-electron chi connectivity index (χ2n) is 2.58. The normalized spacial score (nSPS) is 9.13. The summed E-state index contributed by atoms with van der Waals surface area (Å²) in [6.07, 6.45) is 1.52. The fourth-order valence-electron chi connectivity index (χ4n) is 1.03. The van der Waals surface area contributed by atoms with Crippen molar-refractivity contribution in [2.24, 2.45) is 0 Å². The van der Waals surface area contributed by atoms with Crippen molar-refractivity contribution >= 4 is 0 Å². The molecular weight excluding hydrogens is 192 g/mol. The molecule has 0 aliphatic carbocycles. The minimum Gasteiger partial charge on any atom is -0.392 e. The maximum absolute atomic E-state index is 8.81. The van der Waals surface area contributed by atoms with Gasteiger partial charge in [0.25, 0.3) is 0 Å². The van der Waals surface area contributed by atoms with E-state index in [0.717, 1.165) is 11.3 Å². The molecule has 1 aromatic carbocycles. The SMILES string of the molecule is C=C.OCc1ccc(-n2cnnn2)cc1. The zero-order valence-corrected chi connectivity index (χ0v) is 8.24. The Morgan fingerprint density at radius 3 is 2.33 bits per heavy atom. The summed E-state index contributed by atoms with van der Waals surface area (Å²) < 4.78 is 1.56. The van der Waals surface area contributed by atoms with Gasteiger partial charge in [-0.3, -0.25) is 0 Å². The van der Waals surface area contributed by atoms with Crippen LogP contribution in [-0.4, -0.2) is 25.3 Å². The molecular formula is C10H12N4O. The quantitative estimate of drug-likeness (QED) is 0.740. The van der Waals surface area contributed by atoms with Crippen LogP contribution in [0.4, 0.5) is 0 Å². The van der Waals surface area contributed by atoms with Gasteiger partial charge in [0.1, 0.15) is 6.33 Å². The molecule has 15 heavy (non-hydrogen) atoms. The number of aliphatic hydroxyl groups is 1. The molecule has 0 aliphatic heterocycles. The van der Waals surface area contributed by atoms with Crippen LogP contribution in [0.2, 0.25) is 0 Å². The minimum absolute atomic E-state index is 0.0515. The molecule has 5 heteroatoms. The van der Waals surface area contributed by atoms with Gasteiger partial charge in [-0.05, 0) is 28.1 Å². The Kier molecular flexibility index (Phi) is 4.18. The summed E-state index contributed by atoms with van der Waals surface area (Å²) in [4.78, 5) is 0. The largest absolute Gasteiger partial charge is 0.392 e. The van der Waals surface area contributed by atoms with E-state index in [1.807, 2.05) is 24.3 Å². The lowest BCUT2D eigenvalue weighted by atomic mass is 10.2. The molecule has 0 spiro atoms. The molecule has 2 rings (SSSR count). The Hall–Kier alpha value is -2.01. The highest BCUT2D eigenvalue weighted by atomic mass is 16.3. The molecule has 1 heterocycles. The molecule has 0 unspecified atom stereocenters. The highest BCUT2D eigenvalue weighted by Crippen LogP contribution is 2.06. The predicted molar refractivity (Wildman–Crippen MR) is 56.3 cm³/mol. The Morgan fingerprint density at radius 2 is 1.87 bits per heavy atom. The van der Waals surface area contributed by atoms with E-state index < -0.39 is 0 Å². The van der Waals surface area contributed by atoms with Crippen molar-refractivity contribution in [2.75, 3.05) is 0 Å². The summed E-state index contributed by atoms with van der Waals surface area (Å²) in [6, 6.07) is 7.36. The monoisotopic (exact) mass is 204 g/mol. The van der Waals surface area contributed by atoms with Crippen LogP contribution >= 0.6 is 0 Å². The van der Waals surface area contributed by atoms with E-state index in [-0.39, 0.29) is 6.61 Å². The molecule has 2 aromatic rings. The first-order valence-corrected chi connectivity index (χ1v) is 4.33. The standard InChI is InChI=1S/C8H8N4O.C2H4/c13-5-7-1-3-8(4-2-7)12-6-9-10-11-12;1-2/h1-4,6,13H,5H2;1-2H2. The summed E-state index contributed by atoms with van der Waals surface area (Å²) in [5, 5.41) is 19.6. The molecule has 1 N–H and O–H groups in total. The molecule has 0 fully saturated rings. The van der Waals surface area contributed by atoms with E-state index in [9.17, 15) is 0 Å². The zero-order chi connectivity index (χ0) is 11.1. The van der Waals surface area contributed by atoms with Gasteiger partial charge < -0.3 is 5.11 Å². The van der Waals surface area contributed by atoms with E-state index in [2.05, 4.69) is 28.7 Å². The average Bonchev–Trinajstić information content (AvgIpc) is 2.85. The van der Waals surface area contributed by atoms with Gasteiger partial charge in [0.15, 0.2) is 0 Å². The van der Waals surface area contributed by atoms with Crippen LogP contribution in [-0.2, 0) is 6.61 Å². The molecule has 0 atom stereocenters. The molecule has 0 aliphatic rings. The van der Waals surface area contributed by atoms with E-state index in [0.29, 0.717) is 0 Å². The van der Waals surface area contributed by atoms with Crippen molar-refractivity contribution in [3.63, 3.8) is 0 Å². The second kappa shape index (κ2) is 5.66. The molecule has 5 nitrogen and oxygen atoms in total. The van der Waals surface area contributed by atoms with Gasteiger partial charge in [0.2, 0.25) is 0 Å². The lowest BCUT2D eigenvalue weighted by molar-refractivity contribution is 0.282. The molecule has 0 radical (unpaired) electrons. The van der Waals surface area contributed by atoms with Gasteiger partial charge in [-0.15, -0.1) is 18.3 Å². The smallest absolute Gasteiger partial charge is 0.143 e. The van der Waals surface area contributed by atoms with E-state index in [4.69, 9.17) is 5.11 Å². The lowest BCUT2D eigenvalue weighted by Crippen LogP contribution is -1.95. The average molecular weight is 204 g/mol. The number of hydrogen-bond acceptors (Lipinski definition) is 4. The van der Waals surface area contributed by atoms with Gasteiger partial charge in [-0.25, -0.2) is 4.68 Å². The predicted octanol–water partition coefficient (Wildman–Crippen LogP) is 0.957. The highest BCUT2D eigenvalue weighted by Gasteiger charge is 1.96. The van der Waals surface area contributed by atoms with Crippen LogP contribution < -0.4 is 0 Å². The third-order valence-corrected chi connectivity index (χ3v) is 1.73. The van der Waals surface area contributed by atoms with Gasteiger partial charge in [0.05, 0.1) is 12.3 Å². The van der Waals surface area contributed by atoms with Crippen LogP contribution in [0.1, 0.15) is 5.56 Å². The summed E-state index contributed by atoms with van der Waals surface area (Å²) in [6.45, 7) is 6.05. The van der Waals surface area contributed by atoms with Crippen molar-refractivity contribution in [2.45, 2.75) is 6.61 Å². The van der Waals surface area contributed by atoms with Gasteiger partial charge >= 0.3 is 0 Å². The first-order valence-electron chi connectivity index (χ1n) is 4.33. The van der Waals surface area contributed by atoms with E-state index in [1.54, 1.807) is 4.68 Å². The number of benzene rings is 1. The number of rotatable bonds is 2. The Bertz CT molecular complexity index is 382. The topological polar surface area (TPSA) is 63.8 Å². The van der Waals surface area contributed by atoms with E-state index >= 15 is 0 Å². The summed E-state index contributed by atoms with van der Waals surface area (Å²) >= 11 is 0. The summed E-state index contributed by atoms with van der Waals surface area (Å²) in [5.74, 6) is 0. The van der Waals surface area contributed by atoms with Crippen LogP contribution in [0.25, 0.3) is 5.69 Å². The summed E-state index contributed by atoms with van der Waals surface area (Å²) in [7, 11) is 0. The van der Waals surface area contributed by atoms with Crippen molar-refractivity contribution in [1.29, 1.82) is 0 Å². The van der Waals surface area contributed by atoms with Crippen molar-refractivity contribution in [1.82, 2.24) is 20.2 Å². The molecule has 0 bridgehead atoms. The van der Waals surface area contributed by atoms with Crippen molar-refractivity contribution < 1.29 is 5.11 Å². The van der Waals surface area contributed by atoms with Gasteiger partial charge in [-0.1, -0.05) is 12.1 Å². The maximum atomic E-state index is 8.81. The number of aromatic nitrogens is 4. The zero-order valence-electron chi connectivity index (χ0n) is 8.24. The van der Waals surface area contributed by atoms with Gasteiger partial charge in [-0.2, -0.15) is 0 Å². The molecule has 0 saturated heterocycles. The fourth-order valence-corrected chi connectivity index (χ4v) is 1.03. The summed E-state index contributed by atoms with van der Waals surface area (Å²) in [5.41, 5.74) is 1.75. The van der Waals surface area contributed by atoms with Crippen LogP contribution in [0.5, 0.6) is 0 Å². The molecule has 1 aromatic heterocycles. The number of aliphatic hydroxyl groups excluding tert-OH is 1. The van der Waals surface area contributed by atoms with Gasteiger partial charge in [0, 0.05) is 0 Å². The first kappa shape index (κ1) is 11.1. The maximum Gasteiger partial charge on any atom is 0.143 e. The lowest BCUT2D eigenvalue weighted by Gasteiger charge is -1.99. The highest BCUT2D eigenvalue weighted by molar-refractivity contribution is 5.32. The minimum atomic E-state index is 0.0515. The Labute approximate surface area is 87.7 Å². The number of hydrogen-bond donors (Lipinski definition) is 1. The molecule has 0 saturated carbocycles. The number of tetrazole rings is 1. The van der Waals surface area contributed by atoms with E-state index in [1.165, 1.54) is 6.33 Å². The first-order chi connectivity index (χ1) is 7.40. The van der Waals surface area contributed by atoms with Crippen molar-refractivity contribution in [3.05, 3.63) is 49.3 Å². The third-order valence-electron chi connectivity index (χ3n) is 1.73. The van der Waals surface area contributed by atoms with Crippen LogP contribution in [0, 0.1) is 0 Å². The Balaban J connectivity index is 0.000000531. The second-order valence-corrected chi connectivity index (χ2v) is 2.58. The molecule has 0 amide bonds. The fraction of sp³-hybridized carbons (Fsp3) is 0.100. The number of nitrogens with zero attached hydrogens (tertiary/aromatic N) is 4. The van der Waals surface area contributed by atoms with Crippen molar-refractivity contribution in [3.8, 4) is 5.69 Å². The van der Waals surface area contributed by atoms with Crippen LogP contribution in [0.15, 0.2) is 43.8 Å². The third kappa shape index (κ3) is 2.72. The van der Waals surface area contributed by atoms with Crippen LogP contribution in [0.3, 0.4) is 0 Å². The Morgan fingerprint density at radius 1 is 1.20 bits per heavy atom.